The lowest BCUT2D eigenvalue weighted by molar-refractivity contribution is -0.137. The van der Waals surface area contributed by atoms with Crippen LogP contribution in [0.4, 0.5) is 17.6 Å². The summed E-state index contributed by atoms with van der Waals surface area (Å²) >= 11 is 0. The van der Waals surface area contributed by atoms with Crippen LogP contribution >= 0.6 is 0 Å². The van der Waals surface area contributed by atoms with Crippen LogP contribution in [0.1, 0.15) is 22.8 Å². The highest BCUT2D eigenvalue weighted by Gasteiger charge is 2.30. The molecule has 2 aromatic carbocycles. The van der Waals surface area contributed by atoms with Gasteiger partial charge in [-0.1, -0.05) is 0 Å². The van der Waals surface area contributed by atoms with Gasteiger partial charge in [0, 0.05) is 5.56 Å². The molecule has 138 valence electrons. The average Bonchev–Trinajstić information content (AvgIpc) is 2.60. The van der Waals surface area contributed by atoms with Gasteiger partial charge in [-0.15, -0.1) is 0 Å². The number of nitrogens with one attached hydrogen (secondary N) is 2. The molecule has 0 aliphatic heterocycles. The topological polar surface area (TPSA) is 67.4 Å². The molecule has 0 spiro atoms. The van der Waals surface area contributed by atoms with Crippen LogP contribution in [0.15, 0.2) is 48.5 Å². The lowest BCUT2D eigenvalue weighted by atomic mass is 10.1. The molecule has 0 fully saturated rings. The highest BCUT2D eigenvalue weighted by molar-refractivity contribution is 5.95. The summed E-state index contributed by atoms with van der Waals surface area (Å²) in [6, 6.07) is 8.48. The molecule has 0 saturated carbocycles. The molecule has 0 bridgehead atoms. The maximum absolute atomic E-state index is 12.8. The number of alkyl halides is 3. The Labute approximate surface area is 145 Å². The smallest absolute Gasteiger partial charge is 0.416 e. The van der Waals surface area contributed by atoms with Gasteiger partial charge in [0.05, 0.1) is 5.56 Å². The van der Waals surface area contributed by atoms with Crippen molar-refractivity contribution in [3.63, 3.8) is 0 Å². The second-order valence-corrected chi connectivity index (χ2v) is 5.23. The number of hydrazine groups is 1. The third-order valence-electron chi connectivity index (χ3n) is 3.27. The van der Waals surface area contributed by atoms with Gasteiger partial charge in [-0.05, 0) is 55.5 Å². The van der Waals surface area contributed by atoms with Gasteiger partial charge in [-0.3, -0.25) is 20.4 Å². The molecule has 2 aromatic rings. The van der Waals surface area contributed by atoms with E-state index in [0.29, 0.717) is 0 Å². The zero-order valence-electron chi connectivity index (χ0n) is 13.4. The van der Waals surface area contributed by atoms with Crippen molar-refractivity contribution in [2.45, 2.75) is 19.2 Å². The SMILES string of the molecule is CC(Oc1ccc(F)cc1)C(=O)NNC(=O)c1ccc(C(F)(F)F)cc1. The fourth-order valence-electron chi connectivity index (χ4n) is 1.87. The van der Waals surface area contributed by atoms with Crippen LogP contribution in [0.25, 0.3) is 0 Å². The first kappa shape index (κ1) is 19.2. The van der Waals surface area contributed by atoms with Crippen molar-refractivity contribution in [2.75, 3.05) is 0 Å². The molecule has 0 saturated heterocycles. The summed E-state index contributed by atoms with van der Waals surface area (Å²) < 4.78 is 55.5. The molecule has 2 rings (SSSR count). The average molecular weight is 370 g/mol. The summed E-state index contributed by atoms with van der Waals surface area (Å²) in [5.41, 5.74) is 3.22. The maximum Gasteiger partial charge on any atom is 0.416 e. The van der Waals surface area contributed by atoms with Crippen molar-refractivity contribution >= 4 is 11.8 Å². The van der Waals surface area contributed by atoms with Crippen LogP contribution in [-0.2, 0) is 11.0 Å². The normalized spacial score (nSPS) is 12.2. The summed E-state index contributed by atoms with van der Waals surface area (Å²) in [5.74, 6) is -1.70. The van der Waals surface area contributed by atoms with Gasteiger partial charge in [-0.2, -0.15) is 13.2 Å². The number of hydrogen-bond donors (Lipinski definition) is 2. The highest BCUT2D eigenvalue weighted by Crippen LogP contribution is 2.29. The maximum atomic E-state index is 12.8. The zero-order chi connectivity index (χ0) is 19.3. The summed E-state index contributed by atoms with van der Waals surface area (Å²) in [4.78, 5) is 23.7. The minimum absolute atomic E-state index is 0.0644. The van der Waals surface area contributed by atoms with Crippen molar-refractivity contribution in [2.24, 2.45) is 0 Å². The lowest BCUT2D eigenvalue weighted by Crippen LogP contribution is -2.47. The second-order valence-electron chi connectivity index (χ2n) is 5.23. The summed E-state index contributed by atoms with van der Waals surface area (Å²) in [5, 5.41) is 0. The molecule has 26 heavy (non-hydrogen) atoms. The molecule has 0 radical (unpaired) electrons. The summed E-state index contributed by atoms with van der Waals surface area (Å²) in [6.07, 6.45) is -5.51. The van der Waals surface area contributed by atoms with Gasteiger partial charge in [-0.25, -0.2) is 4.39 Å². The first-order valence-corrected chi connectivity index (χ1v) is 7.36. The second kappa shape index (κ2) is 7.85. The van der Waals surface area contributed by atoms with Crippen LogP contribution in [0.2, 0.25) is 0 Å². The number of amides is 2. The largest absolute Gasteiger partial charge is 0.481 e. The lowest BCUT2D eigenvalue weighted by Gasteiger charge is -2.15. The van der Waals surface area contributed by atoms with E-state index in [9.17, 15) is 27.2 Å². The molecule has 1 atom stereocenters. The van der Waals surface area contributed by atoms with Crippen LogP contribution in [-0.4, -0.2) is 17.9 Å². The minimum Gasteiger partial charge on any atom is -0.481 e. The Hall–Kier alpha value is -3.10. The number of rotatable bonds is 4. The van der Waals surface area contributed by atoms with Crippen molar-refractivity contribution in [3.05, 3.63) is 65.5 Å². The van der Waals surface area contributed by atoms with Gasteiger partial charge in [0.15, 0.2) is 6.10 Å². The number of carbonyl (C=O) groups is 2. The number of halogens is 4. The first-order chi connectivity index (χ1) is 12.2. The van der Waals surface area contributed by atoms with Gasteiger partial charge >= 0.3 is 6.18 Å². The van der Waals surface area contributed by atoms with E-state index < -0.39 is 35.5 Å². The van der Waals surface area contributed by atoms with Crippen LogP contribution in [0.3, 0.4) is 0 Å². The van der Waals surface area contributed by atoms with E-state index >= 15 is 0 Å². The van der Waals surface area contributed by atoms with Crippen LogP contribution in [0, 0.1) is 5.82 Å². The molecular weight excluding hydrogens is 356 g/mol. The van der Waals surface area contributed by atoms with Gasteiger partial charge in [0.25, 0.3) is 11.8 Å². The Morgan fingerprint density at radius 2 is 1.54 bits per heavy atom. The van der Waals surface area contributed by atoms with E-state index in [0.717, 1.165) is 36.4 Å². The van der Waals surface area contributed by atoms with E-state index in [1.165, 1.54) is 19.1 Å². The molecule has 9 heteroatoms. The summed E-state index contributed by atoms with van der Waals surface area (Å²) in [6.45, 7) is 1.41. The predicted molar refractivity (Wildman–Crippen MR) is 83.5 cm³/mol. The van der Waals surface area contributed by atoms with E-state index in [4.69, 9.17) is 4.74 Å². The van der Waals surface area contributed by atoms with Gasteiger partial charge in [0.2, 0.25) is 0 Å². The fourth-order valence-corrected chi connectivity index (χ4v) is 1.87. The van der Waals surface area contributed by atoms with E-state index in [1.54, 1.807) is 0 Å². The zero-order valence-corrected chi connectivity index (χ0v) is 13.4. The van der Waals surface area contributed by atoms with E-state index in [1.807, 2.05) is 0 Å². The Kier molecular flexibility index (Phi) is 5.81. The molecule has 0 heterocycles. The minimum atomic E-state index is -4.50. The standard InChI is InChI=1S/C17H14F4N2O3/c1-10(26-14-8-6-13(18)7-9-14)15(24)22-23-16(25)11-2-4-12(5-3-11)17(19,20)21/h2-10H,1H3,(H,22,24)(H,23,25). The molecule has 2 amide bonds. The highest BCUT2D eigenvalue weighted by atomic mass is 19.4. The first-order valence-electron chi connectivity index (χ1n) is 7.36. The summed E-state index contributed by atoms with van der Waals surface area (Å²) in [7, 11) is 0. The Morgan fingerprint density at radius 3 is 2.08 bits per heavy atom. The molecule has 2 N–H and O–H groups in total. The molecular formula is C17H14F4N2O3. The quantitative estimate of drug-likeness (QED) is 0.642. The molecule has 0 aromatic heterocycles. The molecule has 0 aliphatic carbocycles. The Balaban J connectivity index is 1.87. The van der Waals surface area contributed by atoms with Crippen LogP contribution < -0.4 is 15.6 Å². The van der Waals surface area contributed by atoms with Crippen molar-refractivity contribution < 1.29 is 31.9 Å². The van der Waals surface area contributed by atoms with Gasteiger partial charge in [0.1, 0.15) is 11.6 Å². The fraction of sp³-hybridized carbons (Fsp3) is 0.176. The van der Waals surface area contributed by atoms with Crippen LogP contribution in [0.5, 0.6) is 5.75 Å². The number of hydrogen-bond acceptors (Lipinski definition) is 3. The van der Waals surface area contributed by atoms with E-state index in [2.05, 4.69) is 10.9 Å². The Bertz CT molecular complexity index is 774. The number of benzene rings is 2. The molecule has 5 nitrogen and oxygen atoms in total. The Morgan fingerprint density at radius 1 is 0.962 bits per heavy atom. The van der Waals surface area contributed by atoms with Gasteiger partial charge < -0.3 is 4.74 Å². The van der Waals surface area contributed by atoms with Crippen molar-refractivity contribution in [1.82, 2.24) is 10.9 Å². The number of carbonyl (C=O) groups excluding carboxylic acids is 2. The van der Waals surface area contributed by atoms with Crippen molar-refractivity contribution in [3.8, 4) is 5.75 Å². The van der Waals surface area contributed by atoms with E-state index in [-0.39, 0.29) is 11.3 Å². The molecule has 0 aliphatic rings. The third-order valence-corrected chi connectivity index (χ3v) is 3.27. The predicted octanol–water partition coefficient (Wildman–Crippen LogP) is 3.07. The van der Waals surface area contributed by atoms with Crippen molar-refractivity contribution in [1.29, 1.82) is 0 Å². The third kappa shape index (κ3) is 5.20. The number of ether oxygens (including phenoxy) is 1. The monoisotopic (exact) mass is 370 g/mol. The molecule has 1 unspecified atom stereocenters.